The molecule has 1 fully saturated rings. The van der Waals surface area contributed by atoms with Gasteiger partial charge in [0.2, 0.25) is 0 Å². The lowest BCUT2D eigenvalue weighted by Crippen LogP contribution is -2.33. The minimum atomic E-state index is 0.0172. The van der Waals surface area contributed by atoms with Crippen molar-refractivity contribution in [3.8, 4) is 5.75 Å². The van der Waals surface area contributed by atoms with E-state index in [1.807, 2.05) is 17.9 Å². The molecule has 1 atom stereocenters. The van der Waals surface area contributed by atoms with Crippen molar-refractivity contribution in [2.45, 2.75) is 13.3 Å². The second-order valence-electron chi connectivity index (χ2n) is 4.93. The molecule has 5 heteroatoms. The lowest BCUT2D eigenvalue weighted by molar-refractivity contribution is -0.132. The summed E-state index contributed by atoms with van der Waals surface area (Å²) in [5, 5.41) is 0.698. The van der Waals surface area contributed by atoms with Crippen LogP contribution in [-0.4, -0.2) is 37.0 Å². The van der Waals surface area contributed by atoms with E-state index in [9.17, 15) is 4.79 Å². The molecule has 0 bridgehead atoms. The molecule has 0 aromatic heterocycles. The van der Waals surface area contributed by atoms with Gasteiger partial charge in [0.25, 0.3) is 5.91 Å². The highest BCUT2D eigenvalue weighted by molar-refractivity contribution is 6.31. The van der Waals surface area contributed by atoms with Crippen molar-refractivity contribution in [2.75, 3.05) is 26.2 Å². The number of halogens is 1. The van der Waals surface area contributed by atoms with Crippen LogP contribution in [0, 0.1) is 12.8 Å². The zero-order valence-electron chi connectivity index (χ0n) is 11.1. The van der Waals surface area contributed by atoms with Gasteiger partial charge < -0.3 is 15.4 Å². The first-order valence-corrected chi connectivity index (χ1v) is 6.84. The first-order valence-electron chi connectivity index (χ1n) is 6.47. The molecule has 1 heterocycles. The second kappa shape index (κ2) is 6.26. The standard InChI is InChI=1S/C14H19ClN2O2/c1-10-6-12(2-3-13(10)15)19-9-14(18)17-5-4-11(7-16)8-17/h2-3,6,11H,4-5,7-9,16H2,1H3/t11-/m1/s1. The second-order valence-corrected chi connectivity index (χ2v) is 5.34. The smallest absolute Gasteiger partial charge is 0.260 e. The number of carbonyl (C=O) groups excluding carboxylic acids is 1. The van der Waals surface area contributed by atoms with Crippen LogP contribution in [0.3, 0.4) is 0 Å². The van der Waals surface area contributed by atoms with Gasteiger partial charge in [-0.3, -0.25) is 4.79 Å². The van der Waals surface area contributed by atoms with Crippen molar-refractivity contribution in [1.82, 2.24) is 4.90 Å². The Kier molecular flexibility index (Phi) is 4.66. The van der Waals surface area contributed by atoms with Crippen molar-refractivity contribution >= 4 is 17.5 Å². The average Bonchev–Trinajstić information content (AvgIpc) is 2.88. The van der Waals surface area contributed by atoms with Gasteiger partial charge in [0, 0.05) is 18.1 Å². The summed E-state index contributed by atoms with van der Waals surface area (Å²) in [5.74, 6) is 1.12. The normalized spacial score (nSPS) is 18.7. The number of aryl methyl sites for hydroxylation is 1. The number of hydrogen-bond acceptors (Lipinski definition) is 3. The summed E-state index contributed by atoms with van der Waals surface area (Å²) < 4.78 is 5.50. The molecule has 0 unspecified atom stereocenters. The van der Waals surface area contributed by atoms with Crippen molar-refractivity contribution in [1.29, 1.82) is 0 Å². The van der Waals surface area contributed by atoms with Gasteiger partial charge in [-0.1, -0.05) is 11.6 Å². The Morgan fingerprint density at radius 2 is 2.37 bits per heavy atom. The SMILES string of the molecule is Cc1cc(OCC(=O)N2CC[C@H](CN)C2)ccc1Cl. The van der Waals surface area contributed by atoms with Crippen molar-refractivity contribution in [2.24, 2.45) is 11.7 Å². The molecule has 1 aromatic rings. The molecular formula is C14H19ClN2O2. The topological polar surface area (TPSA) is 55.6 Å². The molecule has 0 saturated carbocycles. The van der Waals surface area contributed by atoms with Gasteiger partial charge in [0.05, 0.1) is 0 Å². The predicted molar refractivity (Wildman–Crippen MR) is 75.4 cm³/mol. The number of rotatable bonds is 4. The molecule has 1 aliphatic heterocycles. The zero-order chi connectivity index (χ0) is 13.8. The van der Waals surface area contributed by atoms with E-state index < -0.39 is 0 Å². The van der Waals surface area contributed by atoms with Crippen LogP contribution in [0.2, 0.25) is 5.02 Å². The van der Waals surface area contributed by atoms with Crippen LogP contribution in [0.25, 0.3) is 0 Å². The Morgan fingerprint density at radius 3 is 3.00 bits per heavy atom. The Bertz CT molecular complexity index is 465. The third kappa shape index (κ3) is 3.61. The molecule has 1 amide bonds. The molecule has 1 aromatic carbocycles. The van der Waals surface area contributed by atoms with Crippen molar-refractivity contribution in [3.05, 3.63) is 28.8 Å². The van der Waals surface area contributed by atoms with Crippen LogP contribution in [-0.2, 0) is 4.79 Å². The third-order valence-corrected chi connectivity index (χ3v) is 3.89. The van der Waals surface area contributed by atoms with Gasteiger partial charge in [-0.15, -0.1) is 0 Å². The van der Waals surface area contributed by atoms with Gasteiger partial charge in [-0.2, -0.15) is 0 Å². The molecule has 0 aliphatic carbocycles. The van der Waals surface area contributed by atoms with Crippen LogP contribution in [0.1, 0.15) is 12.0 Å². The molecule has 4 nitrogen and oxygen atoms in total. The van der Waals surface area contributed by atoms with E-state index in [1.165, 1.54) is 0 Å². The number of ether oxygens (including phenoxy) is 1. The molecule has 2 N–H and O–H groups in total. The number of amides is 1. The molecule has 0 radical (unpaired) electrons. The molecule has 19 heavy (non-hydrogen) atoms. The Morgan fingerprint density at radius 1 is 1.58 bits per heavy atom. The fourth-order valence-electron chi connectivity index (χ4n) is 2.19. The fourth-order valence-corrected chi connectivity index (χ4v) is 2.31. The first kappa shape index (κ1) is 14.2. The number of hydrogen-bond donors (Lipinski definition) is 1. The Balaban J connectivity index is 1.85. The maximum absolute atomic E-state index is 12.0. The van der Waals surface area contributed by atoms with Gasteiger partial charge in [0.15, 0.2) is 6.61 Å². The largest absolute Gasteiger partial charge is 0.484 e. The minimum Gasteiger partial charge on any atom is -0.484 e. The van der Waals surface area contributed by atoms with Crippen LogP contribution >= 0.6 is 11.6 Å². The van der Waals surface area contributed by atoms with Gasteiger partial charge in [0.1, 0.15) is 5.75 Å². The fraction of sp³-hybridized carbons (Fsp3) is 0.500. The average molecular weight is 283 g/mol. The maximum atomic E-state index is 12.0. The predicted octanol–water partition coefficient (Wildman–Crippen LogP) is 1.83. The molecular weight excluding hydrogens is 264 g/mol. The minimum absolute atomic E-state index is 0.0172. The summed E-state index contributed by atoms with van der Waals surface area (Å²) in [6.45, 7) is 4.14. The van der Waals surface area contributed by atoms with E-state index in [-0.39, 0.29) is 12.5 Å². The summed E-state index contributed by atoms with van der Waals surface area (Å²) >= 11 is 5.94. The summed E-state index contributed by atoms with van der Waals surface area (Å²) in [6, 6.07) is 5.38. The quantitative estimate of drug-likeness (QED) is 0.917. The van der Waals surface area contributed by atoms with E-state index in [4.69, 9.17) is 22.1 Å². The lowest BCUT2D eigenvalue weighted by atomic mass is 10.1. The molecule has 1 saturated heterocycles. The van der Waals surface area contributed by atoms with Gasteiger partial charge >= 0.3 is 0 Å². The van der Waals surface area contributed by atoms with E-state index in [0.717, 1.165) is 25.1 Å². The van der Waals surface area contributed by atoms with Crippen molar-refractivity contribution < 1.29 is 9.53 Å². The highest BCUT2D eigenvalue weighted by atomic mass is 35.5. The Labute approximate surface area is 118 Å². The molecule has 104 valence electrons. The number of nitrogens with two attached hydrogens (primary N) is 1. The number of nitrogens with zero attached hydrogens (tertiary/aromatic N) is 1. The summed E-state index contributed by atoms with van der Waals surface area (Å²) in [6.07, 6.45) is 0.988. The van der Waals surface area contributed by atoms with E-state index in [0.29, 0.717) is 23.2 Å². The highest BCUT2D eigenvalue weighted by Gasteiger charge is 2.25. The lowest BCUT2D eigenvalue weighted by Gasteiger charge is -2.16. The first-order chi connectivity index (χ1) is 9.10. The summed E-state index contributed by atoms with van der Waals surface area (Å²) in [5.41, 5.74) is 6.55. The monoisotopic (exact) mass is 282 g/mol. The van der Waals surface area contributed by atoms with Gasteiger partial charge in [-0.25, -0.2) is 0 Å². The highest BCUT2D eigenvalue weighted by Crippen LogP contribution is 2.21. The molecule has 0 spiro atoms. The number of benzene rings is 1. The van der Waals surface area contributed by atoms with E-state index in [2.05, 4.69) is 0 Å². The van der Waals surface area contributed by atoms with Crippen molar-refractivity contribution in [3.63, 3.8) is 0 Å². The summed E-state index contributed by atoms with van der Waals surface area (Å²) in [4.78, 5) is 13.8. The third-order valence-electron chi connectivity index (χ3n) is 3.46. The summed E-state index contributed by atoms with van der Waals surface area (Å²) in [7, 11) is 0. The van der Waals surface area contributed by atoms with Crippen LogP contribution < -0.4 is 10.5 Å². The maximum Gasteiger partial charge on any atom is 0.260 e. The number of likely N-dealkylation sites (tertiary alicyclic amines) is 1. The van der Waals surface area contributed by atoms with E-state index >= 15 is 0 Å². The molecule has 2 rings (SSSR count). The zero-order valence-corrected chi connectivity index (χ0v) is 11.8. The molecule has 1 aliphatic rings. The van der Waals surface area contributed by atoms with Crippen LogP contribution in [0.4, 0.5) is 0 Å². The van der Waals surface area contributed by atoms with Crippen LogP contribution in [0.15, 0.2) is 18.2 Å². The Hall–Kier alpha value is -1.26. The van der Waals surface area contributed by atoms with Crippen LogP contribution in [0.5, 0.6) is 5.75 Å². The van der Waals surface area contributed by atoms with E-state index in [1.54, 1.807) is 12.1 Å². The number of carbonyl (C=O) groups is 1. The van der Waals surface area contributed by atoms with Gasteiger partial charge in [-0.05, 0) is 49.6 Å².